The second kappa shape index (κ2) is 7.80. The average Bonchev–Trinajstić information content (AvgIpc) is 2.89. The molecular formula is C16H17ClN6O3. The predicted molar refractivity (Wildman–Crippen MR) is 94.1 cm³/mol. The number of anilines is 2. The number of rotatable bonds is 3. The van der Waals surface area contributed by atoms with Gasteiger partial charge in [-0.3, -0.25) is 0 Å². The van der Waals surface area contributed by atoms with Crippen LogP contribution in [-0.4, -0.2) is 60.1 Å². The molecule has 136 valence electrons. The van der Waals surface area contributed by atoms with Crippen LogP contribution in [0.2, 0.25) is 5.15 Å². The molecule has 2 heterocycles. The number of halogens is 1. The summed E-state index contributed by atoms with van der Waals surface area (Å²) in [5.41, 5.74) is 6.52. The highest BCUT2D eigenvalue weighted by Crippen LogP contribution is 2.30. The number of hydrogen-bond acceptors (Lipinski definition) is 9. The molecule has 1 aliphatic rings. The molecule has 0 bridgehead atoms. The van der Waals surface area contributed by atoms with Crippen molar-refractivity contribution in [3.63, 3.8) is 0 Å². The fourth-order valence-electron chi connectivity index (χ4n) is 2.79. The van der Waals surface area contributed by atoms with E-state index >= 15 is 0 Å². The number of nitrogens with two attached hydrogens (primary N) is 1. The molecule has 4 unspecified atom stereocenters. The van der Waals surface area contributed by atoms with Gasteiger partial charge in [0.1, 0.15) is 23.8 Å². The van der Waals surface area contributed by atoms with Crippen LogP contribution in [-0.2, 0) is 0 Å². The van der Waals surface area contributed by atoms with E-state index in [9.17, 15) is 15.3 Å². The molecule has 0 saturated heterocycles. The third kappa shape index (κ3) is 3.84. The van der Waals surface area contributed by atoms with E-state index in [0.717, 1.165) is 0 Å². The van der Waals surface area contributed by atoms with Gasteiger partial charge in [0.25, 0.3) is 0 Å². The lowest BCUT2D eigenvalue weighted by molar-refractivity contribution is 0.00445. The summed E-state index contributed by atoms with van der Waals surface area (Å²) >= 11 is 6.15. The van der Waals surface area contributed by atoms with Gasteiger partial charge in [-0.15, -0.1) is 0 Å². The summed E-state index contributed by atoms with van der Waals surface area (Å²) in [6.45, 7) is -0.232. The van der Waals surface area contributed by atoms with Crippen LogP contribution in [0.25, 0.3) is 0 Å². The van der Waals surface area contributed by atoms with Crippen molar-refractivity contribution in [2.45, 2.75) is 24.7 Å². The molecule has 1 saturated carbocycles. The highest BCUT2D eigenvalue weighted by atomic mass is 35.5. The second-order valence-electron chi connectivity index (χ2n) is 5.88. The van der Waals surface area contributed by atoms with Crippen LogP contribution in [0.15, 0.2) is 18.7 Å². The quantitative estimate of drug-likeness (QED) is 0.350. The number of nitrogens with one attached hydrogen (secondary N) is 1. The van der Waals surface area contributed by atoms with E-state index in [2.05, 4.69) is 37.1 Å². The van der Waals surface area contributed by atoms with Gasteiger partial charge in [0.15, 0.2) is 5.15 Å². The molecule has 0 amide bonds. The summed E-state index contributed by atoms with van der Waals surface area (Å²) in [6, 6.07) is -0.548. The lowest BCUT2D eigenvalue weighted by atomic mass is 10.1. The fourth-order valence-corrected chi connectivity index (χ4v) is 3.01. The van der Waals surface area contributed by atoms with E-state index in [1.54, 1.807) is 12.4 Å². The molecule has 0 aliphatic heterocycles. The first-order chi connectivity index (χ1) is 12.5. The maximum absolute atomic E-state index is 10.2. The van der Waals surface area contributed by atoms with Gasteiger partial charge in [-0.25, -0.2) is 9.97 Å². The maximum Gasteiger partial charge on any atom is 0.223 e. The van der Waals surface area contributed by atoms with Crippen LogP contribution in [0.5, 0.6) is 0 Å². The van der Waals surface area contributed by atoms with Crippen molar-refractivity contribution in [3.8, 4) is 11.8 Å². The van der Waals surface area contributed by atoms with Gasteiger partial charge in [0, 0.05) is 24.9 Å². The Labute approximate surface area is 154 Å². The number of aromatic nitrogens is 4. The molecule has 1 fully saturated rings. The Balaban J connectivity index is 1.91. The zero-order chi connectivity index (χ0) is 18.7. The highest BCUT2D eigenvalue weighted by Gasteiger charge is 2.41. The molecule has 2 aromatic rings. The third-order valence-electron chi connectivity index (χ3n) is 4.13. The van der Waals surface area contributed by atoms with Gasteiger partial charge < -0.3 is 26.4 Å². The van der Waals surface area contributed by atoms with Crippen molar-refractivity contribution >= 4 is 23.4 Å². The van der Waals surface area contributed by atoms with Gasteiger partial charge in [0.2, 0.25) is 5.95 Å². The number of nitrogens with zero attached hydrogens (tertiary/aromatic N) is 4. The van der Waals surface area contributed by atoms with E-state index in [1.165, 1.54) is 6.33 Å². The topological polar surface area (TPSA) is 150 Å². The zero-order valence-electron chi connectivity index (χ0n) is 13.5. The molecule has 0 spiro atoms. The van der Waals surface area contributed by atoms with Gasteiger partial charge in [-0.1, -0.05) is 23.4 Å². The number of hydrogen-bond donors (Lipinski definition) is 5. The van der Waals surface area contributed by atoms with Crippen LogP contribution in [0.3, 0.4) is 0 Å². The first-order valence-electron chi connectivity index (χ1n) is 7.83. The predicted octanol–water partition coefficient (Wildman–Crippen LogP) is -0.584. The molecule has 10 heteroatoms. The molecule has 0 radical (unpaired) electrons. The Bertz CT molecular complexity index is 841. The Morgan fingerprint density at radius 3 is 2.58 bits per heavy atom. The standard InChI is InChI=1S/C16H17ClN6O3/c17-14-10(2-1-8-4-19-7-20-5-8)15(23-16(18)22-14)21-11-3-9(6-24)12(25)13(11)26/h4-5,7,9,11-13,24-26H,3,6H2,(H3,18,21,22,23). The van der Waals surface area contributed by atoms with Gasteiger partial charge in [-0.05, 0) is 6.42 Å². The van der Waals surface area contributed by atoms with Crippen molar-refractivity contribution in [3.05, 3.63) is 35.0 Å². The van der Waals surface area contributed by atoms with Crippen LogP contribution in [0, 0.1) is 17.8 Å². The molecule has 9 nitrogen and oxygen atoms in total. The van der Waals surface area contributed by atoms with E-state index in [4.69, 9.17) is 17.3 Å². The van der Waals surface area contributed by atoms with Crippen molar-refractivity contribution in [1.82, 2.24) is 19.9 Å². The third-order valence-corrected chi connectivity index (χ3v) is 4.41. The number of nitrogen functional groups attached to an aromatic ring is 1. The second-order valence-corrected chi connectivity index (χ2v) is 6.24. The van der Waals surface area contributed by atoms with Gasteiger partial charge in [-0.2, -0.15) is 9.97 Å². The molecule has 3 rings (SSSR count). The van der Waals surface area contributed by atoms with Crippen LogP contribution in [0.4, 0.5) is 11.8 Å². The summed E-state index contributed by atoms with van der Waals surface area (Å²) in [5.74, 6) is 5.45. The summed E-state index contributed by atoms with van der Waals surface area (Å²) in [5, 5.41) is 32.5. The Kier molecular flexibility index (Phi) is 5.49. The minimum Gasteiger partial charge on any atom is -0.396 e. The van der Waals surface area contributed by atoms with Crippen molar-refractivity contribution in [2.24, 2.45) is 5.92 Å². The summed E-state index contributed by atoms with van der Waals surface area (Å²) in [6.07, 6.45) is 2.71. The first-order valence-corrected chi connectivity index (χ1v) is 8.21. The maximum atomic E-state index is 10.2. The minimum absolute atomic E-state index is 0.0519. The molecule has 4 atom stereocenters. The van der Waals surface area contributed by atoms with Crippen molar-refractivity contribution in [1.29, 1.82) is 0 Å². The Morgan fingerprint density at radius 1 is 1.19 bits per heavy atom. The van der Waals surface area contributed by atoms with Gasteiger partial charge in [0.05, 0.1) is 17.7 Å². The SMILES string of the molecule is Nc1nc(Cl)c(C#Cc2cncnc2)c(NC2CC(CO)C(O)C2O)n1. The largest absolute Gasteiger partial charge is 0.396 e. The number of aliphatic hydroxyl groups excluding tert-OH is 3. The molecule has 0 aromatic carbocycles. The van der Waals surface area contributed by atoms with Gasteiger partial charge >= 0.3 is 0 Å². The monoisotopic (exact) mass is 376 g/mol. The lowest BCUT2D eigenvalue weighted by Crippen LogP contribution is -2.35. The molecular weight excluding hydrogens is 360 g/mol. The summed E-state index contributed by atoms with van der Waals surface area (Å²) in [4.78, 5) is 15.7. The van der Waals surface area contributed by atoms with Crippen molar-refractivity contribution in [2.75, 3.05) is 17.7 Å². The summed E-state index contributed by atoms with van der Waals surface area (Å²) < 4.78 is 0. The van der Waals surface area contributed by atoms with Crippen LogP contribution < -0.4 is 11.1 Å². The average molecular weight is 377 g/mol. The Hall–Kier alpha value is -2.51. The van der Waals surface area contributed by atoms with E-state index in [0.29, 0.717) is 17.5 Å². The fraction of sp³-hybridized carbons (Fsp3) is 0.375. The Morgan fingerprint density at radius 2 is 1.92 bits per heavy atom. The van der Waals surface area contributed by atoms with E-state index < -0.39 is 24.2 Å². The van der Waals surface area contributed by atoms with E-state index in [1.807, 2.05) is 0 Å². The highest BCUT2D eigenvalue weighted by molar-refractivity contribution is 6.31. The molecule has 26 heavy (non-hydrogen) atoms. The van der Waals surface area contributed by atoms with E-state index in [-0.39, 0.29) is 23.5 Å². The zero-order valence-corrected chi connectivity index (χ0v) is 14.3. The van der Waals surface area contributed by atoms with Crippen LogP contribution >= 0.6 is 11.6 Å². The lowest BCUT2D eigenvalue weighted by Gasteiger charge is -2.19. The molecule has 6 N–H and O–H groups in total. The first kappa shape index (κ1) is 18.3. The van der Waals surface area contributed by atoms with Crippen LogP contribution in [0.1, 0.15) is 17.5 Å². The smallest absolute Gasteiger partial charge is 0.223 e. The molecule has 1 aliphatic carbocycles. The number of aliphatic hydroxyl groups is 3. The molecule has 2 aromatic heterocycles. The minimum atomic E-state index is -1.08. The normalized spacial score (nSPS) is 24.8. The summed E-state index contributed by atoms with van der Waals surface area (Å²) in [7, 11) is 0. The van der Waals surface area contributed by atoms with Crippen molar-refractivity contribution < 1.29 is 15.3 Å².